The van der Waals surface area contributed by atoms with Gasteiger partial charge in [-0.25, -0.2) is 12.9 Å². The minimum atomic E-state index is -4.61. The van der Waals surface area contributed by atoms with Crippen molar-refractivity contribution in [3.8, 4) is 0 Å². The van der Waals surface area contributed by atoms with Crippen molar-refractivity contribution in [2.75, 3.05) is 12.0 Å². The summed E-state index contributed by atoms with van der Waals surface area (Å²) in [7, 11) is -3.56. The van der Waals surface area contributed by atoms with Gasteiger partial charge in [-0.2, -0.15) is 18.3 Å². The molecule has 0 saturated heterocycles. The first kappa shape index (κ1) is 15.8. The molecule has 2 aromatic rings. The summed E-state index contributed by atoms with van der Waals surface area (Å²) in [5.41, 5.74) is -1.20. The summed E-state index contributed by atoms with van der Waals surface area (Å²) < 4.78 is 60.8. The van der Waals surface area contributed by atoms with E-state index in [1.165, 1.54) is 0 Å². The predicted molar refractivity (Wildman–Crippen MR) is 69.2 cm³/mol. The summed E-state index contributed by atoms with van der Waals surface area (Å²) in [6, 6.07) is 1.86. The second kappa shape index (κ2) is 4.99. The van der Waals surface area contributed by atoms with Gasteiger partial charge in [-0.1, -0.05) is 11.6 Å². The van der Waals surface area contributed by atoms with Gasteiger partial charge in [0.2, 0.25) is 0 Å². The fourth-order valence-corrected chi connectivity index (χ4v) is 2.54. The highest BCUT2D eigenvalue weighted by Crippen LogP contribution is 2.32. The summed E-state index contributed by atoms with van der Waals surface area (Å²) in [4.78, 5) is 11.7. The number of Topliss-reactive ketones (excluding diaryl/α,β-unsaturated/α-hetero) is 1. The maximum absolute atomic E-state index is 12.6. The minimum Gasteiger partial charge on any atom is -0.291 e. The highest BCUT2D eigenvalue weighted by molar-refractivity contribution is 7.91. The van der Waals surface area contributed by atoms with Crippen LogP contribution in [0.4, 0.5) is 13.2 Å². The first-order valence-electron chi connectivity index (χ1n) is 5.44. The molecule has 0 bridgehead atoms. The molecule has 21 heavy (non-hydrogen) atoms. The van der Waals surface area contributed by atoms with Crippen LogP contribution in [-0.4, -0.2) is 35.8 Å². The Morgan fingerprint density at radius 3 is 2.52 bits per heavy atom. The Morgan fingerprint density at radius 1 is 1.38 bits per heavy atom. The van der Waals surface area contributed by atoms with E-state index < -0.39 is 33.1 Å². The summed E-state index contributed by atoms with van der Waals surface area (Å²) in [6.45, 7) is 0. The lowest BCUT2D eigenvalue weighted by molar-refractivity contribution is -0.137. The number of nitrogens with zero attached hydrogens (tertiary/aromatic N) is 2. The highest BCUT2D eigenvalue weighted by atomic mass is 35.5. The van der Waals surface area contributed by atoms with Crippen LogP contribution in [0.3, 0.4) is 0 Å². The topological polar surface area (TPSA) is 68.5 Å². The zero-order chi connectivity index (χ0) is 16.0. The number of sulfone groups is 1. The molecule has 0 N–H and O–H groups in total. The largest absolute Gasteiger partial charge is 0.417 e. The van der Waals surface area contributed by atoms with E-state index in [2.05, 4.69) is 5.10 Å². The van der Waals surface area contributed by atoms with Crippen LogP contribution in [0.2, 0.25) is 5.02 Å². The molecule has 0 unspecified atom stereocenters. The first-order valence-corrected chi connectivity index (χ1v) is 7.88. The van der Waals surface area contributed by atoms with Crippen LogP contribution in [0.15, 0.2) is 18.3 Å². The number of carbonyl (C=O) groups excluding carboxylic acids is 1. The van der Waals surface area contributed by atoms with Crippen molar-refractivity contribution < 1.29 is 26.4 Å². The smallest absolute Gasteiger partial charge is 0.291 e. The monoisotopic (exact) mass is 340 g/mol. The first-order chi connectivity index (χ1) is 9.47. The summed E-state index contributed by atoms with van der Waals surface area (Å²) >= 11 is 5.73. The quantitative estimate of drug-likeness (QED) is 0.804. The van der Waals surface area contributed by atoms with E-state index in [0.29, 0.717) is 12.3 Å². The Morgan fingerprint density at radius 2 is 2.00 bits per heavy atom. The molecule has 0 aliphatic carbocycles. The lowest BCUT2D eigenvalue weighted by Gasteiger charge is -2.07. The molecule has 0 saturated carbocycles. The Kier molecular flexibility index (Phi) is 3.75. The molecule has 2 rings (SSSR count). The molecule has 0 spiro atoms. The second-order valence-corrected chi connectivity index (χ2v) is 6.97. The van der Waals surface area contributed by atoms with Gasteiger partial charge in [0.05, 0.1) is 16.1 Å². The molecule has 0 atom stereocenters. The number of pyridine rings is 1. The Bertz CT molecular complexity index is 827. The lowest BCUT2D eigenvalue weighted by atomic mass is 10.2. The van der Waals surface area contributed by atoms with Crippen molar-refractivity contribution in [1.82, 2.24) is 9.61 Å². The number of aromatic nitrogens is 2. The van der Waals surface area contributed by atoms with Crippen molar-refractivity contribution in [2.24, 2.45) is 0 Å². The van der Waals surface area contributed by atoms with E-state index >= 15 is 0 Å². The molecule has 0 aliphatic rings. The summed E-state index contributed by atoms with van der Waals surface area (Å²) in [6.07, 6.45) is -3.06. The molecule has 2 aromatic heterocycles. The number of rotatable bonds is 3. The number of hydrogen-bond donors (Lipinski definition) is 0. The molecule has 0 amide bonds. The van der Waals surface area contributed by atoms with Gasteiger partial charge in [-0.05, 0) is 12.1 Å². The standard InChI is InChI=1S/C11H8ClF3N2O3S/c1-21(19,20)5-10(18)8-3-9-7(12)2-6(11(13,14)15)4-17(9)16-8/h2-4H,5H2,1H3. The van der Waals surface area contributed by atoms with E-state index in [1.54, 1.807) is 0 Å². The Balaban J connectivity index is 2.52. The van der Waals surface area contributed by atoms with Crippen LogP contribution in [-0.2, 0) is 16.0 Å². The van der Waals surface area contributed by atoms with Crippen LogP contribution in [0.5, 0.6) is 0 Å². The zero-order valence-electron chi connectivity index (χ0n) is 10.5. The molecule has 5 nitrogen and oxygen atoms in total. The van der Waals surface area contributed by atoms with Crippen LogP contribution in [0, 0.1) is 0 Å². The maximum atomic E-state index is 12.6. The number of carbonyl (C=O) groups is 1. The van der Waals surface area contributed by atoms with Gasteiger partial charge < -0.3 is 0 Å². The van der Waals surface area contributed by atoms with Gasteiger partial charge in [-0.3, -0.25) is 4.79 Å². The second-order valence-electron chi connectivity index (χ2n) is 4.43. The molecule has 114 valence electrons. The van der Waals surface area contributed by atoms with E-state index in [1.807, 2.05) is 0 Å². The Hall–Kier alpha value is -1.61. The molecule has 0 aliphatic heterocycles. The zero-order valence-corrected chi connectivity index (χ0v) is 12.1. The van der Waals surface area contributed by atoms with Gasteiger partial charge in [0.25, 0.3) is 0 Å². The lowest BCUT2D eigenvalue weighted by Crippen LogP contribution is -2.15. The third-order valence-corrected chi connectivity index (χ3v) is 3.62. The van der Waals surface area contributed by atoms with Crippen molar-refractivity contribution >= 4 is 32.7 Å². The van der Waals surface area contributed by atoms with Crippen LogP contribution < -0.4 is 0 Å². The van der Waals surface area contributed by atoms with E-state index in [-0.39, 0.29) is 16.2 Å². The molecular weight excluding hydrogens is 333 g/mol. The normalized spacial score (nSPS) is 12.8. The van der Waals surface area contributed by atoms with Gasteiger partial charge in [0, 0.05) is 12.5 Å². The van der Waals surface area contributed by atoms with E-state index in [9.17, 15) is 26.4 Å². The fraction of sp³-hybridized carbons (Fsp3) is 0.273. The molecule has 10 heteroatoms. The number of fused-ring (bicyclic) bond motifs is 1. The summed E-state index contributed by atoms with van der Waals surface area (Å²) in [5.74, 6) is -1.59. The van der Waals surface area contributed by atoms with Crippen LogP contribution >= 0.6 is 11.6 Å². The number of ketones is 1. The van der Waals surface area contributed by atoms with Crippen molar-refractivity contribution in [2.45, 2.75) is 6.18 Å². The van der Waals surface area contributed by atoms with Gasteiger partial charge in [0.1, 0.15) is 11.4 Å². The SMILES string of the molecule is CS(=O)(=O)CC(=O)c1cc2c(Cl)cc(C(F)(F)F)cn2n1. The highest BCUT2D eigenvalue weighted by Gasteiger charge is 2.32. The Labute approximate surface area is 122 Å². The van der Waals surface area contributed by atoms with Gasteiger partial charge in [0.15, 0.2) is 15.6 Å². The van der Waals surface area contributed by atoms with E-state index in [0.717, 1.165) is 16.8 Å². The van der Waals surface area contributed by atoms with Crippen molar-refractivity contribution in [3.63, 3.8) is 0 Å². The third kappa shape index (κ3) is 3.53. The molecular formula is C11H8ClF3N2O3S. The number of hydrogen-bond acceptors (Lipinski definition) is 4. The summed E-state index contributed by atoms with van der Waals surface area (Å²) in [5, 5.41) is 3.41. The number of alkyl halides is 3. The number of halogens is 4. The van der Waals surface area contributed by atoms with Crippen molar-refractivity contribution in [3.05, 3.63) is 34.6 Å². The average Bonchev–Trinajstić information content (AvgIpc) is 2.69. The molecule has 2 heterocycles. The third-order valence-electron chi connectivity index (χ3n) is 2.53. The molecule has 0 aromatic carbocycles. The average molecular weight is 341 g/mol. The minimum absolute atomic E-state index is 0.0847. The fourth-order valence-electron chi connectivity index (χ4n) is 1.65. The molecule has 0 fully saturated rings. The maximum Gasteiger partial charge on any atom is 0.417 e. The predicted octanol–water partition coefficient (Wildman–Crippen LogP) is 2.23. The van der Waals surface area contributed by atoms with E-state index in [4.69, 9.17) is 11.6 Å². The van der Waals surface area contributed by atoms with Gasteiger partial charge >= 0.3 is 6.18 Å². The van der Waals surface area contributed by atoms with Crippen LogP contribution in [0.1, 0.15) is 16.1 Å². The van der Waals surface area contributed by atoms with Crippen molar-refractivity contribution in [1.29, 1.82) is 0 Å². The van der Waals surface area contributed by atoms with Gasteiger partial charge in [-0.15, -0.1) is 0 Å². The van der Waals surface area contributed by atoms with Crippen LogP contribution in [0.25, 0.3) is 5.52 Å². The molecule has 0 radical (unpaired) electrons.